The fraction of sp³-hybridized carbons (Fsp3) is 0.0833. The van der Waals surface area contributed by atoms with Gasteiger partial charge in [-0.2, -0.15) is 0 Å². The Labute approximate surface area is 93.4 Å². The van der Waals surface area contributed by atoms with Gasteiger partial charge in [0.2, 0.25) is 0 Å². The largest absolute Gasteiger partial charge is 0.340 e. The number of carbonyl (C=O) groups is 1. The number of anilines is 2. The third-order valence-corrected chi connectivity index (χ3v) is 2.02. The van der Waals surface area contributed by atoms with Crippen LogP contribution in [0.2, 0.25) is 0 Å². The molecule has 80 valence electrons. The van der Waals surface area contributed by atoms with Gasteiger partial charge in [-0.05, 0) is 18.2 Å². The predicted octanol–water partition coefficient (Wildman–Crippen LogP) is 2.42. The highest BCUT2D eigenvalue weighted by Crippen LogP contribution is 2.12. The Morgan fingerprint density at radius 2 is 1.94 bits per heavy atom. The molecule has 1 N–H and O–H groups in total. The molecule has 2 aromatic rings. The highest BCUT2D eigenvalue weighted by molar-refractivity contribution is 5.90. The molecule has 2 rings (SSSR count). The van der Waals surface area contributed by atoms with Gasteiger partial charge in [-0.1, -0.05) is 18.2 Å². The maximum Gasteiger partial charge on any atom is 0.197 e. The van der Waals surface area contributed by atoms with Crippen LogP contribution in [0, 0.1) is 0 Å². The number of nitrogens with one attached hydrogen (secondary N) is 1. The maximum absolute atomic E-state index is 11.1. The molecule has 4 nitrogen and oxygen atoms in total. The van der Waals surface area contributed by atoms with E-state index in [1.54, 1.807) is 12.3 Å². The number of rotatable bonds is 3. The lowest BCUT2D eigenvalue weighted by Gasteiger charge is -2.05. The van der Waals surface area contributed by atoms with Crippen molar-refractivity contribution in [1.29, 1.82) is 0 Å². The second-order valence-corrected chi connectivity index (χ2v) is 3.31. The van der Waals surface area contributed by atoms with Gasteiger partial charge >= 0.3 is 0 Å². The Kier molecular flexibility index (Phi) is 2.91. The molecule has 1 aromatic heterocycles. The van der Waals surface area contributed by atoms with E-state index in [9.17, 15) is 4.79 Å². The quantitative estimate of drug-likeness (QED) is 0.795. The van der Waals surface area contributed by atoms with Gasteiger partial charge in [0, 0.05) is 18.8 Å². The number of ketones is 1. The van der Waals surface area contributed by atoms with E-state index in [0.29, 0.717) is 5.82 Å². The van der Waals surface area contributed by atoms with E-state index < -0.39 is 0 Å². The van der Waals surface area contributed by atoms with Crippen molar-refractivity contribution in [2.24, 2.45) is 0 Å². The first-order valence-electron chi connectivity index (χ1n) is 4.92. The lowest BCUT2D eigenvalue weighted by molar-refractivity contribution is 0.100. The average molecular weight is 213 g/mol. The summed E-state index contributed by atoms with van der Waals surface area (Å²) >= 11 is 0. The van der Waals surface area contributed by atoms with Gasteiger partial charge in [0.15, 0.2) is 11.6 Å². The zero-order valence-corrected chi connectivity index (χ0v) is 8.84. The normalized spacial score (nSPS) is 9.81. The van der Waals surface area contributed by atoms with Crippen molar-refractivity contribution in [3.8, 4) is 0 Å². The molecule has 1 aromatic carbocycles. The third-order valence-electron chi connectivity index (χ3n) is 2.02. The molecule has 0 aliphatic rings. The van der Waals surface area contributed by atoms with E-state index in [1.807, 2.05) is 30.3 Å². The minimum atomic E-state index is -0.142. The number of nitrogens with zero attached hydrogens (tertiary/aromatic N) is 2. The van der Waals surface area contributed by atoms with Crippen LogP contribution in [0.1, 0.15) is 17.5 Å². The zero-order valence-electron chi connectivity index (χ0n) is 8.84. The number of benzene rings is 1. The molecule has 0 atom stereocenters. The van der Waals surface area contributed by atoms with E-state index in [1.165, 1.54) is 6.92 Å². The molecule has 4 heteroatoms. The fourth-order valence-electron chi connectivity index (χ4n) is 1.27. The van der Waals surface area contributed by atoms with Crippen molar-refractivity contribution in [2.75, 3.05) is 5.32 Å². The molecule has 0 unspecified atom stereocenters. The van der Waals surface area contributed by atoms with E-state index in [2.05, 4.69) is 15.3 Å². The summed E-state index contributed by atoms with van der Waals surface area (Å²) in [6.45, 7) is 1.45. The molecular weight excluding hydrogens is 202 g/mol. The molecule has 0 spiro atoms. The van der Waals surface area contributed by atoms with Gasteiger partial charge < -0.3 is 5.32 Å². The first-order valence-corrected chi connectivity index (χ1v) is 4.92. The van der Waals surface area contributed by atoms with Crippen LogP contribution in [0.4, 0.5) is 11.5 Å². The molecule has 0 saturated heterocycles. The minimum absolute atomic E-state index is 0.142. The summed E-state index contributed by atoms with van der Waals surface area (Å²) in [5, 5.41) is 3.10. The lowest BCUT2D eigenvalue weighted by atomic mass is 10.3. The van der Waals surface area contributed by atoms with E-state index in [4.69, 9.17) is 0 Å². The van der Waals surface area contributed by atoms with Gasteiger partial charge in [0.1, 0.15) is 5.82 Å². The van der Waals surface area contributed by atoms with Crippen LogP contribution < -0.4 is 5.32 Å². The molecule has 0 saturated carbocycles. The summed E-state index contributed by atoms with van der Waals surface area (Å²) in [6, 6.07) is 11.4. The molecule has 0 radical (unpaired) electrons. The van der Waals surface area contributed by atoms with Gasteiger partial charge in [0.25, 0.3) is 0 Å². The molecule has 0 fully saturated rings. The van der Waals surface area contributed by atoms with Crippen LogP contribution in [-0.4, -0.2) is 15.8 Å². The summed E-state index contributed by atoms with van der Waals surface area (Å²) in [5.74, 6) is 0.698. The fourth-order valence-corrected chi connectivity index (χ4v) is 1.27. The number of Topliss-reactive ketones (excluding diaryl/α,β-unsaturated/α-hetero) is 1. The van der Waals surface area contributed by atoms with Crippen LogP contribution >= 0.6 is 0 Å². The number of hydrogen-bond acceptors (Lipinski definition) is 4. The monoisotopic (exact) mass is 213 g/mol. The van der Waals surface area contributed by atoms with Gasteiger partial charge in [-0.3, -0.25) is 4.79 Å². The number of hydrogen-bond donors (Lipinski definition) is 1. The Morgan fingerprint density at radius 1 is 1.19 bits per heavy atom. The number of aromatic nitrogens is 2. The maximum atomic E-state index is 11.1. The summed E-state index contributed by atoms with van der Waals surface area (Å²) in [4.78, 5) is 19.1. The first-order chi connectivity index (χ1) is 7.75. The molecule has 0 bridgehead atoms. The second-order valence-electron chi connectivity index (χ2n) is 3.31. The third kappa shape index (κ3) is 2.42. The van der Waals surface area contributed by atoms with Gasteiger partial charge in [-0.15, -0.1) is 0 Å². The summed E-state index contributed by atoms with van der Waals surface area (Å²) in [6.07, 6.45) is 1.56. The smallest absolute Gasteiger partial charge is 0.197 e. The van der Waals surface area contributed by atoms with Crippen molar-refractivity contribution in [3.05, 3.63) is 48.4 Å². The summed E-state index contributed by atoms with van der Waals surface area (Å²) in [7, 11) is 0. The number of para-hydroxylation sites is 1. The average Bonchev–Trinajstić information content (AvgIpc) is 2.30. The van der Waals surface area contributed by atoms with E-state index >= 15 is 0 Å². The van der Waals surface area contributed by atoms with Crippen LogP contribution in [0.3, 0.4) is 0 Å². The molecule has 1 heterocycles. The minimum Gasteiger partial charge on any atom is -0.340 e. The van der Waals surface area contributed by atoms with Gasteiger partial charge in [-0.25, -0.2) is 9.97 Å². The van der Waals surface area contributed by atoms with Crippen LogP contribution in [0.15, 0.2) is 42.6 Å². The van der Waals surface area contributed by atoms with Crippen LogP contribution in [-0.2, 0) is 0 Å². The summed E-state index contributed by atoms with van der Waals surface area (Å²) in [5.41, 5.74) is 0.927. The SMILES string of the molecule is CC(=O)c1nccc(Nc2ccccc2)n1. The van der Waals surface area contributed by atoms with E-state index in [-0.39, 0.29) is 11.6 Å². The molecule has 0 amide bonds. The number of carbonyl (C=O) groups excluding carboxylic acids is 1. The zero-order chi connectivity index (χ0) is 11.4. The molecule has 0 aliphatic carbocycles. The molecule has 16 heavy (non-hydrogen) atoms. The van der Waals surface area contributed by atoms with Crippen molar-refractivity contribution < 1.29 is 4.79 Å². The first kappa shape index (κ1) is 10.3. The Hall–Kier alpha value is -2.23. The second kappa shape index (κ2) is 4.53. The Balaban J connectivity index is 2.22. The van der Waals surface area contributed by atoms with Crippen LogP contribution in [0.25, 0.3) is 0 Å². The van der Waals surface area contributed by atoms with Crippen LogP contribution in [0.5, 0.6) is 0 Å². The predicted molar refractivity (Wildman–Crippen MR) is 61.8 cm³/mol. The summed E-state index contributed by atoms with van der Waals surface area (Å²) < 4.78 is 0. The molecule has 0 aliphatic heterocycles. The Morgan fingerprint density at radius 3 is 2.62 bits per heavy atom. The van der Waals surface area contributed by atoms with Crippen molar-refractivity contribution >= 4 is 17.3 Å². The van der Waals surface area contributed by atoms with Crippen molar-refractivity contribution in [3.63, 3.8) is 0 Å². The topological polar surface area (TPSA) is 54.9 Å². The highest BCUT2D eigenvalue weighted by Gasteiger charge is 2.03. The highest BCUT2D eigenvalue weighted by atomic mass is 16.1. The van der Waals surface area contributed by atoms with Gasteiger partial charge in [0.05, 0.1) is 0 Å². The lowest BCUT2D eigenvalue weighted by Crippen LogP contribution is -2.03. The Bertz CT molecular complexity index is 497. The van der Waals surface area contributed by atoms with E-state index in [0.717, 1.165) is 5.69 Å². The van der Waals surface area contributed by atoms with Crippen molar-refractivity contribution in [1.82, 2.24) is 9.97 Å². The molecular formula is C12H11N3O. The standard InChI is InChI=1S/C12H11N3O/c1-9(16)12-13-8-7-11(15-12)14-10-5-3-2-4-6-10/h2-8H,1H3,(H,13,14,15). The van der Waals surface area contributed by atoms with Crippen molar-refractivity contribution in [2.45, 2.75) is 6.92 Å².